The molecule has 1 aromatic heterocycles. The molecule has 0 radical (unpaired) electrons. The molecule has 15 heavy (non-hydrogen) atoms. The zero-order valence-electron chi connectivity index (χ0n) is 8.59. The van der Waals surface area contributed by atoms with E-state index in [0.29, 0.717) is 5.46 Å². The van der Waals surface area contributed by atoms with Crippen LogP contribution in [0, 0.1) is 0 Å². The third kappa shape index (κ3) is 1.89. The molecule has 0 atom stereocenters. The second-order valence-corrected chi connectivity index (χ2v) is 3.56. The van der Waals surface area contributed by atoms with Crippen molar-refractivity contribution < 1.29 is 10.0 Å². The lowest BCUT2D eigenvalue weighted by molar-refractivity contribution is 0.426. The molecule has 0 spiro atoms. The Hall–Kier alpha value is -1.33. The Morgan fingerprint density at radius 1 is 1.40 bits per heavy atom. The van der Waals surface area contributed by atoms with E-state index >= 15 is 0 Å². The summed E-state index contributed by atoms with van der Waals surface area (Å²) in [5.41, 5.74) is 1.53. The van der Waals surface area contributed by atoms with Crippen molar-refractivity contribution in [3.63, 3.8) is 0 Å². The molecule has 78 valence electrons. The van der Waals surface area contributed by atoms with Crippen LogP contribution in [0.25, 0.3) is 10.9 Å². The SMILES string of the molecule is CCCn1ncc2cc(B(O)O)ccc21. The quantitative estimate of drug-likeness (QED) is 0.698. The largest absolute Gasteiger partial charge is 0.488 e. The van der Waals surface area contributed by atoms with Crippen molar-refractivity contribution in [2.24, 2.45) is 0 Å². The molecule has 2 N–H and O–H groups in total. The Kier molecular flexibility index (Phi) is 2.75. The summed E-state index contributed by atoms with van der Waals surface area (Å²) < 4.78 is 1.92. The van der Waals surface area contributed by atoms with Crippen LogP contribution in [-0.4, -0.2) is 26.9 Å². The van der Waals surface area contributed by atoms with Gasteiger partial charge in [-0.2, -0.15) is 5.10 Å². The van der Waals surface area contributed by atoms with Crippen molar-refractivity contribution >= 4 is 23.5 Å². The average Bonchev–Trinajstić information content (AvgIpc) is 2.61. The molecule has 0 aliphatic carbocycles. The second kappa shape index (κ2) is 4.04. The van der Waals surface area contributed by atoms with Crippen molar-refractivity contribution in [1.29, 1.82) is 0 Å². The lowest BCUT2D eigenvalue weighted by Gasteiger charge is -2.02. The summed E-state index contributed by atoms with van der Waals surface area (Å²) in [6, 6.07) is 5.33. The maximum absolute atomic E-state index is 9.02. The molecule has 0 fully saturated rings. The normalized spacial score (nSPS) is 10.9. The molecular weight excluding hydrogens is 191 g/mol. The predicted octanol–water partition coefficient (Wildman–Crippen LogP) is 0.126. The Bertz CT molecular complexity index is 467. The lowest BCUT2D eigenvalue weighted by Crippen LogP contribution is -2.29. The van der Waals surface area contributed by atoms with Gasteiger partial charge in [0.2, 0.25) is 0 Å². The van der Waals surface area contributed by atoms with E-state index in [9.17, 15) is 0 Å². The van der Waals surface area contributed by atoms with Crippen molar-refractivity contribution in [2.75, 3.05) is 0 Å². The standard InChI is InChI=1S/C10H13BN2O2/c1-2-5-13-10-4-3-9(11(14)15)6-8(10)7-12-13/h3-4,6-7,14-15H,2,5H2,1H3. The van der Waals surface area contributed by atoms with Crippen LogP contribution in [0.3, 0.4) is 0 Å². The highest BCUT2D eigenvalue weighted by atomic mass is 16.4. The third-order valence-corrected chi connectivity index (χ3v) is 2.40. The zero-order chi connectivity index (χ0) is 10.8. The molecule has 2 rings (SSSR count). The number of rotatable bonds is 3. The predicted molar refractivity (Wildman–Crippen MR) is 59.8 cm³/mol. The van der Waals surface area contributed by atoms with Gasteiger partial charge in [-0.05, 0) is 17.9 Å². The summed E-state index contributed by atoms with van der Waals surface area (Å²) in [4.78, 5) is 0. The molecule has 0 saturated carbocycles. The van der Waals surface area contributed by atoms with Crippen LogP contribution in [0.4, 0.5) is 0 Å². The lowest BCUT2D eigenvalue weighted by atomic mass is 9.80. The molecule has 5 heteroatoms. The van der Waals surface area contributed by atoms with E-state index in [4.69, 9.17) is 10.0 Å². The Balaban J connectivity index is 2.47. The summed E-state index contributed by atoms with van der Waals surface area (Å²) in [5.74, 6) is 0. The zero-order valence-corrected chi connectivity index (χ0v) is 8.59. The van der Waals surface area contributed by atoms with Crippen LogP contribution in [0.2, 0.25) is 0 Å². The second-order valence-electron chi connectivity index (χ2n) is 3.56. The van der Waals surface area contributed by atoms with Gasteiger partial charge in [-0.3, -0.25) is 4.68 Å². The van der Waals surface area contributed by atoms with Crippen molar-refractivity contribution in [1.82, 2.24) is 9.78 Å². The monoisotopic (exact) mass is 204 g/mol. The molecule has 0 saturated heterocycles. The number of aryl methyl sites for hydroxylation is 1. The highest BCUT2D eigenvalue weighted by Gasteiger charge is 2.12. The van der Waals surface area contributed by atoms with E-state index in [1.165, 1.54) is 0 Å². The van der Waals surface area contributed by atoms with Crippen molar-refractivity contribution in [2.45, 2.75) is 19.9 Å². The van der Waals surface area contributed by atoms with Gasteiger partial charge in [0.05, 0.1) is 11.7 Å². The molecule has 0 aliphatic rings. The van der Waals surface area contributed by atoms with Crippen LogP contribution < -0.4 is 5.46 Å². The van der Waals surface area contributed by atoms with Crippen molar-refractivity contribution in [3.8, 4) is 0 Å². The average molecular weight is 204 g/mol. The van der Waals surface area contributed by atoms with Gasteiger partial charge in [0.1, 0.15) is 0 Å². The Morgan fingerprint density at radius 2 is 2.20 bits per heavy atom. The van der Waals surface area contributed by atoms with E-state index in [1.54, 1.807) is 18.3 Å². The number of hydrogen-bond acceptors (Lipinski definition) is 3. The molecule has 0 bridgehead atoms. The van der Waals surface area contributed by atoms with Gasteiger partial charge in [0, 0.05) is 11.9 Å². The van der Waals surface area contributed by atoms with Gasteiger partial charge >= 0.3 is 7.12 Å². The fourth-order valence-electron chi connectivity index (χ4n) is 1.66. The fourth-order valence-corrected chi connectivity index (χ4v) is 1.66. The van der Waals surface area contributed by atoms with Crippen LogP contribution in [0.1, 0.15) is 13.3 Å². The smallest absolute Gasteiger partial charge is 0.423 e. The molecule has 0 amide bonds. The van der Waals surface area contributed by atoms with Crippen LogP contribution in [-0.2, 0) is 6.54 Å². The van der Waals surface area contributed by atoms with E-state index < -0.39 is 7.12 Å². The van der Waals surface area contributed by atoms with Crippen molar-refractivity contribution in [3.05, 3.63) is 24.4 Å². The molecule has 0 aliphatic heterocycles. The van der Waals surface area contributed by atoms with E-state index in [1.807, 2.05) is 10.7 Å². The first-order valence-electron chi connectivity index (χ1n) is 5.04. The van der Waals surface area contributed by atoms with Gasteiger partial charge < -0.3 is 10.0 Å². The maximum atomic E-state index is 9.02. The van der Waals surface area contributed by atoms with Gasteiger partial charge in [-0.25, -0.2) is 0 Å². The number of nitrogens with zero attached hydrogens (tertiary/aromatic N) is 2. The van der Waals surface area contributed by atoms with Crippen LogP contribution in [0.15, 0.2) is 24.4 Å². The highest BCUT2D eigenvalue weighted by Crippen LogP contribution is 2.12. The molecule has 1 aromatic carbocycles. The minimum Gasteiger partial charge on any atom is -0.423 e. The summed E-state index contributed by atoms with van der Waals surface area (Å²) >= 11 is 0. The van der Waals surface area contributed by atoms with Gasteiger partial charge in [-0.1, -0.05) is 19.1 Å². The first kappa shape index (κ1) is 10.2. The first-order chi connectivity index (χ1) is 7.22. The topological polar surface area (TPSA) is 58.3 Å². The minimum atomic E-state index is -1.41. The number of fused-ring (bicyclic) bond motifs is 1. The molecular formula is C10H13BN2O2. The van der Waals surface area contributed by atoms with Gasteiger partial charge in [0.15, 0.2) is 0 Å². The highest BCUT2D eigenvalue weighted by molar-refractivity contribution is 6.58. The molecule has 1 heterocycles. The van der Waals surface area contributed by atoms with Crippen LogP contribution >= 0.6 is 0 Å². The number of benzene rings is 1. The first-order valence-corrected chi connectivity index (χ1v) is 5.04. The summed E-state index contributed by atoms with van der Waals surface area (Å²) in [6.07, 6.45) is 2.78. The van der Waals surface area contributed by atoms with E-state index in [0.717, 1.165) is 23.9 Å². The molecule has 4 nitrogen and oxygen atoms in total. The van der Waals surface area contributed by atoms with Gasteiger partial charge in [-0.15, -0.1) is 0 Å². The molecule has 0 unspecified atom stereocenters. The van der Waals surface area contributed by atoms with E-state index in [-0.39, 0.29) is 0 Å². The summed E-state index contributed by atoms with van der Waals surface area (Å²) in [5, 5.41) is 23.2. The fraction of sp³-hybridized carbons (Fsp3) is 0.300. The van der Waals surface area contributed by atoms with Gasteiger partial charge in [0.25, 0.3) is 0 Å². The Morgan fingerprint density at radius 3 is 2.87 bits per heavy atom. The van der Waals surface area contributed by atoms with Crippen LogP contribution in [0.5, 0.6) is 0 Å². The minimum absolute atomic E-state index is 0.499. The Labute approximate surface area is 88.3 Å². The van der Waals surface area contributed by atoms with E-state index in [2.05, 4.69) is 12.0 Å². The summed E-state index contributed by atoms with van der Waals surface area (Å²) in [7, 11) is -1.41. The maximum Gasteiger partial charge on any atom is 0.488 e. The molecule has 2 aromatic rings. The summed E-state index contributed by atoms with van der Waals surface area (Å²) in [6.45, 7) is 2.98. The number of aromatic nitrogens is 2. The third-order valence-electron chi connectivity index (χ3n) is 2.40. The number of hydrogen-bond donors (Lipinski definition) is 2.